The Morgan fingerprint density at radius 3 is 2.28 bits per heavy atom. The van der Waals surface area contributed by atoms with E-state index in [0.717, 1.165) is 31.2 Å². The Morgan fingerprint density at radius 2 is 1.66 bits per heavy atom. The Balaban J connectivity index is 1.43. The maximum Gasteiger partial charge on any atom is 0.223 e. The topological polar surface area (TPSA) is 49.4 Å². The number of rotatable bonds is 7. The number of carbonyl (C=O) groups is 2. The smallest absolute Gasteiger partial charge is 0.223 e. The highest BCUT2D eigenvalue weighted by atomic mass is 16.2. The predicted octanol–water partition coefficient (Wildman–Crippen LogP) is 4.30. The molecule has 29 heavy (non-hydrogen) atoms. The standard InChI is InChI=1S/C25H32N2O2/c1-3-20-9-12-22(13-10-20)19(2)26-25(29)23-15-17-27(18-16-23)24(28)14-11-21-7-5-4-6-8-21/h4-10,12-13,19,23H,3,11,14-18H2,1-2H3,(H,26,29). The van der Waals surface area contributed by atoms with Gasteiger partial charge in [0, 0.05) is 25.4 Å². The van der Waals surface area contributed by atoms with Gasteiger partial charge in [-0.25, -0.2) is 0 Å². The fourth-order valence-corrected chi connectivity index (χ4v) is 3.90. The highest BCUT2D eigenvalue weighted by Crippen LogP contribution is 2.21. The Morgan fingerprint density at radius 1 is 1.00 bits per heavy atom. The summed E-state index contributed by atoms with van der Waals surface area (Å²) >= 11 is 0. The van der Waals surface area contributed by atoms with Crippen molar-refractivity contribution in [3.05, 3.63) is 71.3 Å². The second kappa shape index (κ2) is 10.2. The fraction of sp³-hybridized carbons (Fsp3) is 0.440. The number of aryl methyl sites for hydroxylation is 2. The van der Waals surface area contributed by atoms with Gasteiger partial charge in [-0.05, 0) is 49.3 Å². The van der Waals surface area contributed by atoms with Gasteiger partial charge in [-0.15, -0.1) is 0 Å². The van der Waals surface area contributed by atoms with Crippen LogP contribution in [0.3, 0.4) is 0 Å². The summed E-state index contributed by atoms with van der Waals surface area (Å²) in [5.41, 5.74) is 3.62. The number of nitrogens with zero attached hydrogens (tertiary/aromatic N) is 1. The second-order valence-electron chi connectivity index (χ2n) is 7.97. The summed E-state index contributed by atoms with van der Waals surface area (Å²) in [5.74, 6) is 0.288. The van der Waals surface area contributed by atoms with E-state index in [2.05, 4.69) is 48.6 Å². The molecule has 0 spiro atoms. The Labute approximate surface area is 174 Å². The zero-order chi connectivity index (χ0) is 20.6. The van der Waals surface area contributed by atoms with E-state index in [1.54, 1.807) is 0 Å². The molecule has 0 aromatic heterocycles. The fourth-order valence-electron chi connectivity index (χ4n) is 3.90. The molecule has 0 bridgehead atoms. The van der Waals surface area contributed by atoms with Crippen LogP contribution in [0, 0.1) is 5.92 Å². The van der Waals surface area contributed by atoms with Crippen molar-refractivity contribution in [2.45, 2.75) is 52.0 Å². The lowest BCUT2D eigenvalue weighted by atomic mass is 9.94. The largest absolute Gasteiger partial charge is 0.349 e. The number of hydrogen-bond donors (Lipinski definition) is 1. The third-order valence-corrected chi connectivity index (χ3v) is 5.94. The zero-order valence-corrected chi connectivity index (χ0v) is 17.6. The summed E-state index contributed by atoms with van der Waals surface area (Å²) in [6.45, 7) is 5.51. The second-order valence-corrected chi connectivity index (χ2v) is 7.97. The van der Waals surface area contributed by atoms with Crippen molar-refractivity contribution in [3.63, 3.8) is 0 Å². The van der Waals surface area contributed by atoms with Crippen LogP contribution in [0.2, 0.25) is 0 Å². The molecule has 0 aliphatic carbocycles. The van der Waals surface area contributed by atoms with E-state index in [0.29, 0.717) is 19.5 Å². The molecule has 1 saturated heterocycles. The monoisotopic (exact) mass is 392 g/mol. The number of amides is 2. The van der Waals surface area contributed by atoms with Crippen molar-refractivity contribution in [1.29, 1.82) is 0 Å². The van der Waals surface area contributed by atoms with E-state index < -0.39 is 0 Å². The minimum atomic E-state index is -0.00876. The summed E-state index contributed by atoms with van der Waals surface area (Å²) in [6, 6.07) is 18.5. The molecule has 154 valence electrons. The molecular weight excluding hydrogens is 360 g/mol. The van der Waals surface area contributed by atoms with Crippen LogP contribution in [-0.2, 0) is 22.4 Å². The van der Waals surface area contributed by atoms with E-state index in [4.69, 9.17) is 0 Å². The van der Waals surface area contributed by atoms with Crippen molar-refractivity contribution in [1.82, 2.24) is 10.2 Å². The molecule has 4 heteroatoms. The van der Waals surface area contributed by atoms with Crippen LogP contribution in [0.1, 0.15) is 55.8 Å². The van der Waals surface area contributed by atoms with Gasteiger partial charge < -0.3 is 10.2 Å². The van der Waals surface area contributed by atoms with Crippen LogP contribution in [0.25, 0.3) is 0 Å². The van der Waals surface area contributed by atoms with Crippen molar-refractivity contribution in [3.8, 4) is 0 Å². The van der Waals surface area contributed by atoms with Gasteiger partial charge in [-0.3, -0.25) is 9.59 Å². The Hall–Kier alpha value is -2.62. The molecule has 2 amide bonds. The van der Waals surface area contributed by atoms with Gasteiger partial charge in [0.1, 0.15) is 0 Å². The summed E-state index contributed by atoms with van der Waals surface area (Å²) < 4.78 is 0. The van der Waals surface area contributed by atoms with Crippen LogP contribution in [0.5, 0.6) is 0 Å². The molecule has 1 atom stereocenters. The van der Waals surface area contributed by atoms with Crippen LogP contribution in [-0.4, -0.2) is 29.8 Å². The zero-order valence-electron chi connectivity index (χ0n) is 17.6. The Bertz CT molecular complexity index is 793. The predicted molar refractivity (Wildman–Crippen MR) is 116 cm³/mol. The number of nitrogens with one attached hydrogen (secondary N) is 1. The molecule has 2 aromatic carbocycles. The van der Waals surface area contributed by atoms with Gasteiger partial charge in [0.25, 0.3) is 0 Å². The number of carbonyl (C=O) groups excluding carboxylic acids is 2. The molecule has 1 aliphatic rings. The molecule has 1 aliphatic heterocycles. The van der Waals surface area contributed by atoms with Crippen molar-refractivity contribution in [2.24, 2.45) is 5.92 Å². The van der Waals surface area contributed by atoms with Gasteiger partial charge in [0.2, 0.25) is 11.8 Å². The minimum Gasteiger partial charge on any atom is -0.349 e. The van der Waals surface area contributed by atoms with Crippen LogP contribution in [0.4, 0.5) is 0 Å². The number of hydrogen-bond acceptors (Lipinski definition) is 2. The molecule has 1 heterocycles. The average molecular weight is 393 g/mol. The van der Waals surface area contributed by atoms with Gasteiger partial charge in [-0.1, -0.05) is 61.5 Å². The summed E-state index contributed by atoms with van der Waals surface area (Å²) in [5, 5.41) is 3.15. The minimum absolute atomic E-state index is 0.000981. The van der Waals surface area contributed by atoms with Gasteiger partial charge in [-0.2, -0.15) is 0 Å². The third kappa shape index (κ3) is 5.93. The number of benzene rings is 2. The quantitative estimate of drug-likeness (QED) is 0.764. The molecule has 1 unspecified atom stereocenters. The normalized spacial score (nSPS) is 15.7. The maximum atomic E-state index is 12.7. The number of piperidine rings is 1. The molecule has 3 rings (SSSR count). The van der Waals surface area contributed by atoms with Crippen LogP contribution >= 0.6 is 0 Å². The summed E-state index contributed by atoms with van der Waals surface area (Å²) in [6.07, 6.45) is 3.80. The van der Waals surface area contributed by atoms with E-state index in [1.807, 2.05) is 30.0 Å². The van der Waals surface area contributed by atoms with Crippen molar-refractivity contribution >= 4 is 11.8 Å². The highest BCUT2D eigenvalue weighted by Gasteiger charge is 2.27. The van der Waals surface area contributed by atoms with Gasteiger partial charge >= 0.3 is 0 Å². The van der Waals surface area contributed by atoms with E-state index >= 15 is 0 Å². The third-order valence-electron chi connectivity index (χ3n) is 5.94. The first-order chi connectivity index (χ1) is 14.1. The molecule has 1 N–H and O–H groups in total. The molecule has 0 radical (unpaired) electrons. The first-order valence-electron chi connectivity index (χ1n) is 10.8. The molecule has 2 aromatic rings. The van der Waals surface area contributed by atoms with E-state index in [9.17, 15) is 9.59 Å². The van der Waals surface area contributed by atoms with E-state index in [-0.39, 0.29) is 23.8 Å². The molecular formula is C25H32N2O2. The van der Waals surface area contributed by atoms with Crippen molar-refractivity contribution in [2.75, 3.05) is 13.1 Å². The SMILES string of the molecule is CCc1ccc(C(C)NC(=O)C2CCN(C(=O)CCc3ccccc3)CC2)cc1. The van der Waals surface area contributed by atoms with Crippen LogP contribution < -0.4 is 5.32 Å². The number of likely N-dealkylation sites (tertiary alicyclic amines) is 1. The lowest BCUT2D eigenvalue weighted by Crippen LogP contribution is -2.43. The van der Waals surface area contributed by atoms with E-state index in [1.165, 1.54) is 11.1 Å². The molecule has 1 fully saturated rings. The maximum absolute atomic E-state index is 12.7. The summed E-state index contributed by atoms with van der Waals surface area (Å²) in [4.78, 5) is 27.1. The molecule has 4 nitrogen and oxygen atoms in total. The first-order valence-corrected chi connectivity index (χ1v) is 10.8. The lowest BCUT2D eigenvalue weighted by molar-refractivity contribution is -0.135. The van der Waals surface area contributed by atoms with Gasteiger partial charge in [0.15, 0.2) is 0 Å². The average Bonchev–Trinajstić information content (AvgIpc) is 2.78. The first kappa shape index (κ1) is 21.1. The Kier molecular flexibility index (Phi) is 7.45. The summed E-state index contributed by atoms with van der Waals surface area (Å²) in [7, 11) is 0. The lowest BCUT2D eigenvalue weighted by Gasteiger charge is -2.32. The van der Waals surface area contributed by atoms with Crippen LogP contribution in [0.15, 0.2) is 54.6 Å². The molecule has 0 saturated carbocycles. The van der Waals surface area contributed by atoms with Gasteiger partial charge in [0.05, 0.1) is 6.04 Å². The van der Waals surface area contributed by atoms with Crippen molar-refractivity contribution < 1.29 is 9.59 Å². The highest BCUT2D eigenvalue weighted by molar-refractivity contribution is 5.80.